The summed E-state index contributed by atoms with van der Waals surface area (Å²) in [6.45, 7) is 3.26. The van der Waals surface area contributed by atoms with Crippen molar-refractivity contribution >= 4 is 22.4 Å². The summed E-state index contributed by atoms with van der Waals surface area (Å²) in [5.41, 5.74) is 4.80. The van der Waals surface area contributed by atoms with E-state index < -0.39 is 0 Å². The Morgan fingerprint density at radius 1 is 1.07 bits per heavy atom. The summed E-state index contributed by atoms with van der Waals surface area (Å²) in [4.78, 5) is 9.62. The van der Waals surface area contributed by atoms with E-state index >= 15 is 0 Å². The fourth-order valence-electron chi connectivity index (χ4n) is 4.25. The molecule has 3 aliphatic heterocycles. The van der Waals surface area contributed by atoms with Crippen LogP contribution in [0.15, 0.2) is 59.4 Å². The number of aryl methyl sites for hydroxylation is 1. The lowest BCUT2D eigenvalue weighted by atomic mass is 9.88. The first-order valence-corrected chi connectivity index (χ1v) is 9.73. The van der Waals surface area contributed by atoms with Gasteiger partial charge in [0.15, 0.2) is 0 Å². The largest absolute Gasteiger partial charge is 0.329 e. The third-order valence-corrected chi connectivity index (χ3v) is 5.97. The molecule has 0 saturated carbocycles. The molecule has 1 fully saturated rings. The zero-order chi connectivity index (χ0) is 18.4. The van der Waals surface area contributed by atoms with E-state index in [1.54, 1.807) is 0 Å². The number of allylic oxidation sites excluding steroid dienone is 2. The maximum atomic E-state index is 4.92. The summed E-state index contributed by atoms with van der Waals surface area (Å²) < 4.78 is 1.90. The Hall–Kier alpha value is -2.66. The summed E-state index contributed by atoms with van der Waals surface area (Å²) >= 11 is 0. The molecule has 0 bridgehead atoms. The molecule has 0 N–H and O–H groups in total. The summed E-state index contributed by atoms with van der Waals surface area (Å²) in [7, 11) is 4.19. The van der Waals surface area contributed by atoms with Crippen molar-refractivity contribution in [1.29, 1.82) is 0 Å². The molecule has 1 aromatic heterocycles. The van der Waals surface area contributed by atoms with E-state index in [9.17, 15) is 0 Å². The zero-order valence-corrected chi connectivity index (χ0v) is 16.0. The maximum Gasteiger partial charge on any atom is 0.133 e. The zero-order valence-electron chi connectivity index (χ0n) is 16.0. The fourth-order valence-corrected chi connectivity index (χ4v) is 4.25. The third kappa shape index (κ3) is 3.02. The van der Waals surface area contributed by atoms with Crippen LogP contribution in [0.1, 0.15) is 18.4 Å². The quantitative estimate of drug-likeness (QED) is 0.824. The van der Waals surface area contributed by atoms with Gasteiger partial charge in [-0.05, 0) is 68.8 Å². The number of hydrogen-bond acceptors (Lipinski definition) is 4. The van der Waals surface area contributed by atoms with Gasteiger partial charge >= 0.3 is 0 Å². The highest BCUT2D eigenvalue weighted by molar-refractivity contribution is 6.00. The van der Waals surface area contributed by atoms with E-state index in [0.717, 1.165) is 34.5 Å². The molecule has 5 rings (SSSR count). The van der Waals surface area contributed by atoms with Crippen LogP contribution in [0, 0.1) is 5.92 Å². The first kappa shape index (κ1) is 16.5. The molecule has 2 aromatic rings. The lowest BCUT2D eigenvalue weighted by molar-refractivity contribution is 0.239. The first-order chi connectivity index (χ1) is 13.2. The van der Waals surface area contributed by atoms with Crippen LogP contribution in [0.4, 0.5) is 0 Å². The average molecular weight is 359 g/mol. The highest BCUT2D eigenvalue weighted by atomic mass is 15.2. The van der Waals surface area contributed by atoms with E-state index in [0.29, 0.717) is 5.92 Å². The average Bonchev–Trinajstić information content (AvgIpc) is 3.08. The molecule has 1 aromatic carbocycles. The second kappa shape index (κ2) is 6.50. The minimum absolute atomic E-state index is 0.678. The highest BCUT2D eigenvalue weighted by Crippen LogP contribution is 2.30. The Morgan fingerprint density at radius 2 is 1.93 bits per heavy atom. The van der Waals surface area contributed by atoms with Gasteiger partial charge in [0.1, 0.15) is 5.84 Å². The van der Waals surface area contributed by atoms with E-state index in [1.165, 1.54) is 31.5 Å². The van der Waals surface area contributed by atoms with Crippen molar-refractivity contribution in [2.75, 3.05) is 26.7 Å². The van der Waals surface area contributed by atoms with Gasteiger partial charge in [-0.2, -0.15) is 5.10 Å². The van der Waals surface area contributed by atoms with Gasteiger partial charge in [-0.3, -0.25) is 4.68 Å². The molecule has 27 heavy (non-hydrogen) atoms. The number of aromatic nitrogens is 2. The van der Waals surface area contributed by atoms with Crippen LogP contribution in [-0.2, 0) is 7.05 Å². The maximum absolute atomic E-state index is 4.92. The predicted molar refractivity (Wildman–Crippen MR) is 110 cm³/mol. The molecule has 0 unspecified atom stereocenters. The first-order valence-electron chi connectivity index (χ1n) is 9.73. The molecule has 0 spiro atoms. The number of nitrogens with zero attached hydrogens (tertiary/aromatic N) is 5. The van der Waals surface area contributed by atoms with E-state index in [-0.39, 0.29) is 0 Å². The molecular weight excluding hydrogens is 334 g/mol. The smallest absolute Gasteiger partial charge is 0.133 e. The lowest BCUT2D eigenvalue weighted by Crippen LogP contribution is -2.34. The van der Waals surface area contributed by atoms with Gasteiger partial charge in [0.05, 0.1) is 17.4 Å². The Kier molecular flexibility index (Phi) is 3.97. The minimum Gasteiger partial charge on any atom is -0.329 e. The van der Waals surface area contributed by atoms with E-state index in [4.69, 9.17) is 4.99 Å². The second-order valence-corrected chi connectivity index (χ2v) is 7.79. The van der Waals surface area contributed by atoms with Gasteiger partial charge in [-0.1, -0.05) is 12.1 Å². The standard InChI is InChI=1S/C22H25N5/c1-25-10-7-16(8-11-25)18-4-6-22-24-20(9-12-27(22)15-18)17-3-5-21-19(13-17)14-23-26(21)2/h3-6,9,13-16H,7-8,10-12H2,1-2H3. The van der Waals surface area contributed by atoms with Crippen molar-refractivity contribution in [2.24, 2.45) is 18.0 Å². The summed E-state index contributed by atoms with van der Waals surface area (Å²) in [6.07, 6.45) is 13.4. The number of likely N-dealkylation sites (tertiary alicyclic amines) is 1. The lowest BCUT2D eigenvalue weighted by Gasteiger charge is -2.33. The molecular formula is C22H25N5. The highest BCUT2D eigenvalue weighted by Gasteiger charge is 2.23. The van der Waals surface area contributed by atoms with Gasteiger partial charge in [0, 0.05) is 30.7 Å². The SMILES string of the molecule is CN1CCC(C2=CN3CC=C(c4ccc5c(cnn5C)c4)N=C3C=C2)CC1. The molecule has 5 heteroatoms. The van der Waals surface area contributed by atoms with Crippen molar-refractivity contribution < 1.29 is 0 Å². The van der Waals surface area contributed by atoms with Gasteiger partial charge < -0.3 is 9.80 Å². The molecule has 4 heterocycles. The Labute approximate surface area is 160 Å². The Balaban J connectivity index is 1.37. The van der Waals surface area contributed by atoms with Gasteiger partial charge in [-0.15, -0.1) is 0 Å². The normalized spacial score (nSPS) is 21.1. The summed E-state index contributed by atoms with van der Waals surface area (Å²) in [6, 6.07) is 6.45. The van der Waals surface area contributed by atoms with Gasteiger partial charge in [0.25, 0.3) is 0 Å². The number of fused-ring (bicyclic) bond motifs is 2. The van der Waals surface area contributed by atoms with E-state index in [2.05, 4.69) is 64.6 Å². The van der Waals surface area contributed by atoms with Gasteiger partial charge in [-0.25, -0.2) is 4.99 Å². The number of rotatable bonds is 2. The molecule has 3 aliphatic rings. The van der Waals surface area contributed by atoms with Crippen LogP contribution in [0.5, 0.6) is 0 Å². The molecule has 0 amide bonds. The van der Waals surface area contributed by atoms with Crippen molar-refractivity contribution in [3.8, 4) is 0 Å². The fraction of sp³-hybridized carbons (Fsp3) is 0.364. The van der Waals surface area contributed by atoms with Crippen molar-refractivity contribution in [3.63, 3.8) is 0 Å². The molecule has 0 atom stereocenters. The Bertz CT molecular complexity index is 999. The molecule has 138 valence electrons. The second-order valence-electron chi connectivity index (χ2n) is 7.79. The van der Waals surface area contributed by atoms with E-state index in [1.807, 2.05) is 17.9 Å². The number of benzene rings is 1. The molecule has 5 nitrogen and oxygen atoms in total. The van der Waals surface area contributed by atoms with Crippen molar-refractivity contribution in [3.05, 3.63) is 60.0 Å². The third-order valence-electron chi connectivity index (χ3n) is 5.97. The van der Waals surface area contributed by atoms with Crippen LogP contribution in [0.3, 0.4) is 0 Å². The summed E-state index contributed by atoms with van der Waals surface area (Å²) in [5, 5.41) is 5.49. The molecule has 0 aliphatic carbocycles. The van der Waals surface area contributed by atoms with Crippen LogP contribution < -0.4 is 0 Å². The van der Waals surface area contributed by atoms with Crippen LogP contribution in [0.25, 0.3) is 16.6 Å². The van der Waals surface area contributed by atoms with Gasteiger partial charge in [0.2, 0.25) is 0 Å². The summed E-state index contributed by atoms with van der Waals surface area (Å²) in [5.74, 6) is 1.72. The predicted octanol–water partition coefficient (Wildman–Crippen LogP) is 3.42. The number of hydrogen-bond donors (Lipinski definition) is 0. The number of amidine groups is 1. The topological polar surface area (TPSA) is 36.7 Å². The molecule has 1 saturated heterocycles. The monoisotopic (exact) mass is 359 g/mol. The number of piperidine rings is 1. The van der Waals surface area contributed by atoms with Crippen molar-refractivity contribution in [1.82, 2.24) is 19.6 Å². The number of aliphatic imine (C=N–C) groups is 1. The molecule has 0 radical (unpaired) electrons. The Morgan fingerprint density at radius 3 is 2.78 bits per heavy atom. The van der Waals surface area contributed by atoms with Crippen LogP contribution >= 0.6 is 0 Å². The van der Waals surface area contributed by atoms with Crippen molar-refractivity contribution in [2.45, 2.75) is 12.8 Å². The van der Waals surface area contributed by atoms with Crippen LogP contribution in [0.2, 0.25) is 0 Å². The van der Waals surface area contributed by atoms with Crippen LogP contribution in [-0.4, -0.2) is 52.1 Å². The minimum atomic E-state index is 0.678.